The molecular formula is C31H31NO6. The summed E-state index contributed by atoms with van der Waals surface area (Å²) in [6.07, 6.45) is 4.27. The van der Waals surface area contributed by atoms with E-state index in [1.807, 2.05) is 6.07 Å². The highest BCUT2D eigenvalue weighted by atomic mass is 16.5. The van der Waals surface area contributed by atoms with Crippen molar-refractivity contribution >= 4 is 29.1 Å². The Labute approximate surface area is 222 Å². The van der Waals surface area contributed by atoms with E-state index in [-0.39, 0.29) is 11.3 Å². The van der Waals surface area contributed by atoms with Crippen molar-refractivity contribution in [2.24, 2.45) is 0 Å². The first-order valence-electron chi connectivity index (χ1n) is 12.7. The summed E-state index contributed by atoms with van der Waals surface area (Å²) in [5.41, 5.74) is 1.74. The van der Waals surface area contributed by atoms with Gasteiger partial charge in [-0.3, -0.25) is 14.5 Å². The third-order valence-electron chi connectivity index (χ3n) is 6.50. The Morgan fingerprint density at radius 3 is 2.32 bits per heavy atom. The van der Waals surface area contributed by atoms with Gasteiger partial charge in [0.25, 0.3) is 11.7 Å². The topological polar surface area (TPSA) is 93.1 Å². The Morgan fingerprint density at radius 1 is 0.895 bits per heavy atom. The number of ketones is 1. The molecule has 3 aromatic rings. The molecule has 1 atom stereocenters. The molecule has 0 aromatic heterocycles. The van der Waals surface area contributed by atoms with Gasteiger partial charge < -0.3 is 14.6 Å². The number of unbranched alkanes of at least 4 members (excludes halogenated alkanes) is 3. The van der Waals surface area contributed by atoms with Crippen LogP contribution >= 0.6 is 0 Å². The molecule has 1 heterocycles. The number of aliphatic hydroxyl groups is 1. The Hall–Kier alpha value is -4.39. The van der Waals surface area contributed by atoms with Gasteiger partial charge in [0.1, 0.15) is 11.5 Å². The van der Waals surface area contributed by atoms with Crippen molar-refractivity contribution in [1.82, 2.24) is 0 Å². The first-order chi connectivity index (χ1) is 18.5. The number of carbonyl (C=O) groups excluding carboxylic acids is 3. The number of amides is 1. The van der Waals surface area contributed by atoms with Gasteiger partial charge in [-0.25, -0.2) is 4.79 Å². The van der Waals surface area contributed by atoms with Crippen LogP contribution in [0.2, 0.25) is 0 Å². The van der Waals surface area contributed by atoms with Crippen molar-refractivity contribution in [3.05, 3.63) is 101 Å². The second-order valence-corrected chi connectivity index (χ2v) is 9.06. The zero-order valence-corrected chi connectivity index (χ0v) is 21.6. The molecule has 1 aliphatic heterocycles. The third-order valence-corrected chi connectivity index (χ3v) is 6.50. The SMILES string of the molecule is CCCCCCOc1cccc(N2C(=O)C(=O)/C(=C(\O)c3ccccc3)C2c2ccc(C(=O)OC)cc2)c1. The summed E-state index contributed by atoms with van der Waals surface area (Å²) in [4.78, 5) is 40.1. The van der Waals surface area contributed by atoms with Crippen LogP contribution in [0.1, 0.15) is 60.1 Å². The Kier molecular flexibility index (Phi) is 8.58. The minimum Gasteiger partial charge on any atom is -0.507 e. The molecule has 1 aliphatic rings. The molecule has 3 aromatic carbocycles. The summed E-state index contributed by atoms with van der Waals surface area (Å²) < 4.78 is 10.7. The standard InChI is InChI=1S/C31H31NO6/c1-3-4-5-9-19-38-25-14-10-13-24(20-25)32-27(21-15-17-23(18-16-21)31(36)37-2)26(29(34)30(32)35)28(33)22-11-7-6-8-12-22/h6-8,10-18,20,27,33H,3-5,9,19H2,1-2H3/b28-26-. The minimum atomic E-state index is -0.915. The monoisotopic (exact) mass is 513 g/mol. The van der Waals surface area contributed by atoms with Gasteiger partial charge in [0.05, 0.1) is 30.9 Å². The smallest absolute Gasteiger partial charge is 0.337 e. The van der Waals surface area contributed by atoms with Crippen LogP contribution in [0.15, 0.2) is 84.4 Å². The van der Waals surface area contributed by atoms with Gasteiger partial charge in [-0.2, -0.15) is 0 Å². The second kappa shape index (κ2) is 12.2. The number of benzene rings is 3. The van der Waals surface area contributed by atoms with Gasteiger partial charge in [0.2, 0.25) is 0 Å². The molecule has 1 amide bonds. The third kappa shape index (κ3) is 5.62. The van der Waals surface area contributed by atoms with E-state index >= 15 is 0 Å². The van der Waals surface area contributed by atoms with E-state index < -0.39 is 23.7 Å². The molecule has 0 saturated carbocycles. The maximum Gasteiger partial charge on any atom is 0.337 e. The van der Waals surface area contributed by atoms with Crippen molar-refractivity contribution in [2.45, 2.75) is 38.6 Å². The molecule has 196 valence electrons. The van der Waals surface area contributed by atoms with Crippen LogP contribution in [0.5, 0.6) is 5.75 Å². The fourth-order valence-electron chi connectivity index (χ4n) is 4.53. The van der Waals surface area contributed by atoms with Gasteiger partial charge in [-0.05, 0) is 36.2 Å². The summed E-state index contributed by atoms with van der Waals surface area (Å²) >= 11 is 0. The highest BCUT2D eigenvalue weighted by Gasteiger charge is 2.47. The van der Waals surface area contributed by atoms with Crippen LogP contribution in [0, 0.1) is 0 Å². The van der Waals surface area contributed by atoms with Gasteiger partial charge in [-0.15, -0.1) is 0 Å². The molecular weight excluding hydrogens is 482 g/mol. The minimum absolute atomic E-state index is 0.0297. The van der Waals surface area contributed by atoms with E-state index in [0.29, 0.717) is 34.7 Å². The molecule has 0 spiro atoms. The summed E-state index contributed by atoms with van der Waals surface area (Å²) in [6.45, 7) is 2.70. The summed E-state index contributed by atoms with van der Waals surface area (Å²) in [5, 5.41) is 11.2. The normalized spacial score (nSPS) is 16.5. The maximum atomic E-state index is 13.4. The number of carbonyl (C=O) groups is 3. The van der Waals surface area contributed by atoms with E-state index in [9.17, 15) is 19.5 Å². The van der Waals surface area contributed by atoms with Crippen LogP contribution in [0.4, 0.5) is 5.69 Å². The number of esters is 1. The molecule has 7 nitrogen and oxygen atoms in total. The maximum absolute atomic E-state index is 13.4. The number of methoxy groups -OCH3 is 1. The molecule has 7 heteroatoms. The summed E-state index contributed by atoms with van der Waals surface area (Å²) in [5.74, 6) is -1.73. The lowest BCUT2D eigenvalue weighted by Gasteiger charge is -2.26. The van der Waals surface area contributed by atoms with E-state index in [4.69, 9.17) is 9.47 Å². The van der Waals surface area contributed by atoms with Crippen LogP contribution in [-0.2, 0) is 14.3 Å². The quantitative estimate of drug-likeness (QED) is 0.116. The van der Waals surface area contributed by atoms with Gasteiger partial charge in [0, 0.05) is 17.3 Å². The predicted octanol–water partition coefficient (Wildman–Crippen LogP) is 6.06. The molecule has 0 bridgehead atoms. The largest absolute Gasteiger partial charge is 0.507 e. The Bertz CT molecular complexity index is 1330. The average Bonchev–Trinajstić information content (AvgIpc) is 3.22. The molecule has 0 radical (unpaired) electrons. The van der Waals surface area contributed by atoms with Crippen LogP contribution < -0.4 is 9.64 Å². The summed E-state index contributed by atoms with van der Waals surface area (Å²) in [6, 6.07) is 21.2. The van der Waals surface area contributed by atoms with E-state index in [2.05, 4.69) is 6.92 Å². The number of anilines is 1. The number of hydrogen-bond acceptors (Lipinski definition) is 6. The fraction of sp³-hybridized carbons (Fsp3) is 0.258. The van der Waals surface area contributed by atoms with E-state index in [1.54, 1.807) is 72.8 Å². The van der Waals surface area contributed by atoms with Crippen molar-refractivity contribution in [3.8, 4) is 5.75 Å². The highest BCUT2D eigenvalue weighted by molar-refractivity contribution is 6.51. The average molecular weight is 514 g/mol. The molecule has 1 N–H and O–H groups in total. The van der Waals surface area contributed by atoms with Crippen molar-refractivity contribution in [2.75, 3.05) is 18.6 Å². The number of ether oxygens (including phenoxy) is 2. The molecule has 1 fully saturated rings. The second-order valence-electron chi connectivity index (χ2n) is 9.06. The number of nitrogens with zero attached hydrogens (tertiary/aromatic N) is 1. The highest BCUT2D eigenvalue weighted by Crippen LogP contribution is 2.42. The Balaban J connectivity index is 1.76. The van der Waals surface area contributed by atoms with Crippen molar-refractivity contribution in [3.63, 3.8) is 0 Å². The van der Waals surface area contributed by atoms with Gasteiger partial charge in [0.15, 0.2) is 0 Å². The first kappa shape index (κ1) is 26.7. The lowest BCUT2D eigenvalue weighted by molar-refractivity contribution is -0.132. The zero-order valence-electron chi connectivity index (χ0n) is 21.6. The molecule has 0 aliphatic carbocycles. The summed E-state index contributed by atoms with van der Waals surface area (Å²) in [7, 11) is 1.30. The first-order valence-corrected chi connectivity index (χ1v) is 12.7. The van der Waals surface area contributed by atoms with Gasteiger partial charge in [-0.1, -0.05) is 74.7 Å². The number of hydrogen-bond donors (Lipinski definition) is 1. The van der Waals surface area contributed by atoms with Crippen LogP contribution in [0.25, 0.3) is 5.76 Å². The van der Waals surface area contributed by atoms with Gasteiger partial charge >= 0.3 is 5.97 Å². The molecule has 4 rings (SSSR count). The number of rotatable bonds is 10. The lowest BCUT2D eigenvalue weighted by Crippen LogP contribution is -2.29. The fourth-order valence-corrected chi connectivity index (χ4v) is 4.53. The molecule has 1 unspecified atom stereocenters. The lowest BCUT2D eigenvalue weighted by atomic mass is 9.94. The number of Topliss-reactive ketones (excluding diaryl/α,β-unsaturated/α-hetero) is 1. The Morgan fingerprint density at radius 2 is 1.63 bits per heavy atom. The zero-order chi connectivity index (χ0) is 27.1. The van der Waals surface area contributed by atoms with E-state index in [0.717, 1.165) is 25.7 Å². The van der Waals surface area contributed by atoms with Crippen LogP contribution in [0.3, 0.4) is 0 Å². The number of aliphatic hydroxyl groups excluding tert-OH is 1. The van der Waals surface area contributed by atoms with Crippen LogP contribution in [-0.4, -0.2) is 36.5 Å². The van der Waals surface area contributed by atoms with E-state index in [1.165, 1.54) is 12.0 Å². The molecule has 38 heavy (non-hydrogen) atoms. The van der Waals surface area contributed by atoms with Crippen molar-refractivity contribution in [1.29, 1.82) is 0 Å². The predicted molar refractivity (Wildman–Crippen MR) is 145 cm³/mol. The van der Waals surface area contributed by atoms with Crippen molar-refractivity contribution < 1.29 is 29.0 Å². The molecule has 1 saturated heterocycles.